The summed E-state index contributed by atoms with van der Waals surface area (Å²) in [7, 11) is 1.36. The first-order chi connectivity index (χ1) is 12.6. The molecule has 3 rings (SSSR count). The Morgan fingerprint density at radius 3 is 2.85 bits per heavy atom. The van der Waals surface area contributed by atoms with Crippen molar-refractivity contribution in [1.82, 2.24) is 9.97 Å². The number of furan rings is 1. The molecule has 0 amide bonds. The zero-order valence-corrected chi connectivity index (χ0v) is 14.3. The summed E-state index contributed by atoms with van der Waals surface area (Å²) >= 11 is 0. The Morgan fingerprint density at radius 1 is 1.46 bits per heavy atom. The number of carbonyl (C=O) groups excluding carboxylic acids is 1. The molecule has 0 atom stereocenters. The molecule has 0 aliphatic carbocycles. The molecule has 1 N–H and O–H groups in total. The molecule has 10 nitrogen and oxygen atoms in total. The minimum atomic E-state index is -0.494. The number of hydrogen-bond acceptors (Lipinski definition) is 9. The topological polar surface area (TPSA) is 124 Å². The summed E-state index contributed by atoms with van der Waals surface area (Å²) in [5.74, 6) is 0.580. The molecule has 3 heterocycles. The fourth-order valence-electron chi connectivity index (χ4n) is 2.98. The molecule has 1 aliphatic rings. The Hall–Kier alpha value is -3.17. The third kappa shape index (κ3) is 3.73. The number of nitrogens with one attached hydrogen (secondary N) is 1. The minimum Gasteiger partial charge on any atom is -0.469 e. The molecular formula is C16H19N5O5. The van der Waals surface area contributed by atoms with Crippen LogP contribution in [0.5, 0.6) is 0 Å². The highest BCUT2D eigenvalue weighted by atomic mass is 16.6. The molecule has 1 aliphatic heterocycles. The van der Waals surface area contributed by atoms with E-state index in [9.17, 15) is 14.9 Å². The first-order valence-electron chi connectivity index (χ1n) is 8.18. The standard InChI is InChI=1S/C16H19N5O5/c1-25-16(22)11-4-6-20(7-5-11)15-13(21(23)24)14(18-10-19-15)17-9-12-3-2-8-26-12/h2-3,8,10-11H,4-7,9H2,1H3,(H,17,18,19). The molecule has 2 aromatic rings. The van der Waals surface area contributed by atoms with Crippen LogP contribution in [0.4, 0.5) is 17.3 Å². The van der Waals surface area contributed by atoms with Crippen LogP contribution in [0.2, 0.25) is 0 Å². The molecule has 1 saturated heterocycles. The summed E-state index contributed by atoms with van der Waals surface area (Å²) in [6.07, 6.45) is 3.94. The molecule has 0 aromatic carbocycles. The van der Waals surface area contributed by atoms with Gasteiger partial charge in [0.25, 0.3) is 0 Å². The van der Waals surface area contributed by atoms with E-state index < -0.39 is 4.92 Å². The summed E-state index contributed by atoms with van der Waals surface area (Å²) in [6, 6.07) is 3.50. The van der Waals surface area contributed by atoms with E-state index in [0.29, 0.717) is 31.7 Å². The van der Waals surface area contributed by atoms with Gasteiger partial charge in [0, 0.05) is 13.1 Å². The SMILES string of the molecule is COC(=O)C1CCN(c2ncnc(NCc3ccco3)c2[N+](=O)[O-])CC1. The van der Waals surface area contributed by atoms with E-state index in [1.165, 1.54) is 19.7 Å². The van der Waals surface area contributed by atoms with Crippen molar-refractivity contribution in [1.29, 1.82) is 0 Å². The van der Waals surface area contributed by atoms with Crippen molar-refractivity contribution in [3.63, 3.8) is 0 Å². The van der Waals surface area contributed by atoms with Crippen molar-refractivity contribution < 1.29 is 18.9 Å². The lowest BCUT2D eigenvalue weighted by Crippen LogP contribution is -2.37. The predicted molar refractivity (Wildman–Crippen MR) is 91.7 cm³/mol. The average Bonchev–Trinajstić information content (AvgIpc) is 3.19. The predicted octanol–water partition coefficient (Wildman–Crippen LogP) is 1.98. The van der Waals surface area contributed by atoms with Crippen molar-refractivity contribution in [2.75, 3.05) is 30.4 Å². The van der Waals surface area contributed by atoms with Gasteiger partial charge in [-0.1, -0.05) is 0 Å². The van der Waals surface area contributed by atoms with E-state index >= 15 is 0 Å². The van der Waals surface area contributed by atoms with Crippen LogP contribution in [0.3, 0.4) is 0 Å². The number of methoxy groups -OCH3 is 1. The Labute approximate surface area is 149 Å². The first-order valence-corrected chi connectivity index (χ1v) is 8.18. The number of rotatable bonds is 6. The molecule has 138 valence electrons. The molecule has 1 fully saturated rings. The van der Waals surface area contributed by atoms with Gasteiger partial charge in [-0.05, 0) is 25.0 Å². The second kappa shape index (κ2) is 7.81. The van der Waals surface area contributed by atoms with Gasteiger partial charge in [-0.3, -0.25) is 14.9 Å². The fourth-order valence-corrected chi connectivity index (χ4v) is 2.98. The third-order valence-electron chi connectivity index (χ3n) is 4.32. The van der Waals surface area contributed by atoms with Gasteiger partial charge in [-0.25, -0.2) is 9.97 Å². The van der Waals surface area contributed by atoms with Gasteiger partial charge < -0.3 is 19.4 Å². The van der Waals surface area contributed by atoms with Gasteiger partial charge in [0.2, 0.25) is 11.6 Å². The normalized spacial score (nSPS) is 14.9. The summed E-state index contributed by atoms with van der Waals surface area (Å²) in [6.45, 7) is 1.24. The van der Waals surface area contributed by atoms with Crippen LogP contribution >= 0.6 is 0 Å². The number of piperidine rings is 1. The number of anilines is 2. The number of nitro groups is 1. The van der Waals surface area contributed by atoms with Gasteiger partial charge in [0.05, 0.1) is 30.8 Å². The van der Waals surface area contributed by atoms with Crippen LogP contribution < -0.4 is 10.2 Å². The van der Waals surface area contributed by atoms with Gasteiger partial charge in [-0.2, -0.15) is 0 Å². The number of esters is 1. The zero-order valence-electron chi connectivity index (χ0n) is 14.3. The van der Waals surface area contributed by atoms with Crippen molar-refractivity contribution >= 4 is 23.3 Å². The molecule has 26 heavy (non-hydrogen) atoms. The largest absolute Gasteiger partial charge is 0.469 e. The van der Waals surface area contributed by atoms with E-state index in [4.69, 9.17) is 9.15 Å². The van der Waals surface area contributed by atoms with E-state index in [1.807, 2.05) is 0 Å². The molecule has 0 bridgehead atoms. The highest BCUT2D eigenvalue weighted by Crippen LogP contribution is 2.34. The maximum Gasteiger partial charge on any atom is 0.353 e. The maximum absolute atomic E-state index is 11.6. The fraction of sp³-hybridized carbons (Fsp3) is 0.438. The number of hydrogen-bond donors (Lipinski definition) is 1. The van der Waals surface area contributed by atoms with E-state index in [-0.39, 0.29) is 35.8 Å². The van der Waals surface area contributed by atoms with Crippen LogP contribution in [-0.2, 0) is 16.1 Å². The summed E-state index contributed by atoms with van der Waals surface area (Å²) in [5, 5.41) is 14.6. The van der Waals surface area contributed by atoms with E-state index in [0.717, 1.165) is 0 Å². The Kier molecular flexibility index (Phi) is 5.30. The Balaban J connectivity index is 1.78. The van der Waals surface area contributed by atoms with Crippen molar-refractivity contribution in [3.05, 3.63) is 40.6 Å². The second-order valence-corrected chi connectivity index (χ2v) is 5.87. The second-order valence-electron chi connectivity index (χ2n) is 5.87. The molecule has 0 unspecified atom stereocenters. The quantitative estimate of drug-likeness (QED) is 0.467. The number of aromatic nitrogens is 2. The van der Waals surface area contributed by atoms with Gasteiger partial charge in [-0.15, -0.1) is 0 Å². The number of carbonyl (C=O) groups is 1. The lowest BCUT2D eigenvalue weighted by Gasteiger charge is -2.31. The number of ether oxygens (including phenoxy) is 1. The molecule has 0 saturated carbocycles. The highest BCUT2D eigenvalue weighted by Gasteiger charge is 2.32. The number of nitrogens with zero attached hydrogens (tertiary/aromatic N) is 4. The molecule has 2 aromatic heterocycles. The van der Waals surface area contributed by atoms with Crippen LogP contribution in [0.1, 0.15) is 18.6 Å². The van der Waals surface area contributed by atoms with Gasteiger partial charge in [0.15, 0.2) is 0 Å². The first kappa shape index (κ1) is 17.6. The smallest absolute Gasteiger partial charge is 0.353 e. The summed E-state index contributed by atoms with van der Waals surface area (Å²) in [4.78, 5) is 32.7. The van der Waals surface area contributed by atoms with E-state index in [2.05, 4.69) is 15.3 Å². The molecule has 0 radical (unpaired) electrons. The Morgan fingerprint density at radius 2 is 2.23 bits per heavy atom. The summed E-state index contributed by atoms with van der Waals surface area (Å²) in [5.41, 5.74) is -0.185. The zero-order chi connectivity index (χ0) is 18.5. The van der Waals surface area contributed by atoms with Crippen molar-refractivity contribution in [3.8, 4) is 0 Å². The third-order valence-corrected chi connectivity index (χ3v) is 4.32. The molecule has 0 spiro atoms. The van der Waals surface area contributed by atoms with Gasteiger partial charge in [0.1, 0.15) is 12.1 Å². The van der Waals surface area contributed by atoms with Crippen LogP contribution in [0.15, 0.2) is 29.1 Å². The van der Waals surface area contributed by atoms with Crippen LogP contribution in [-0.4, -0.2) is 41.1 Å². The highest BCUT2D eigenvalue weighted by molar-refractivity contribution is 5.74. The lowest BCUT2D eigenvalue weighted by molar-refractivity contribution is -0.383. The lowest BCUT2D eigenvalue weighted by atomic mass is 9.97. The minimum absolute atomic E-state index is 0.131. The van der Waals surface area contributed by atoms with E-state index in [1.54, 1.807) is 17.0 Å². The molecular weight excluding hydrogens is 342 g/mol. The Bertz CT molecular complexity index is 771. The maximum atomic E-state index is 11.6. The average molecular weight is 361 g/mol. The van der Waals surface area contributed by atoms with Gasteiger partial charge >= 0.3 is 11.7 Å². The monoisotopic (exact) mass is 361 g/mol. The van der Waals surface area contributed by atoms with Crippen molar-refractivity contribution in [2.45, 2.75) is 19.4 Å². The van der Waals surface area contributed by atoms with Crippen molar-refractivity contribution in [2.24, 2.45) is 5.92 Å². The van der Waals surface area contributed by atoms with Crippen LogP contribution in [0.25, 0.3) is 0 Å². The summed E-state index contributed by atoms with van der Waals surface area (Å²) < 4.78 is 9.99. The van der Waals surface area contributed by atoms with Crippen LogP contribution in [0, 0.1) is 16.0 Å². The molecule has 10 heteroatoms.